The van der Waals surface area contributed by atoms with Gasteiger partial charge in [0.05, 0.1) is 24.2 Å². The highest BCUT2D eigenvalue weighted by Gasteiger charge is 2.22. The van der Waals surface area contributed by atoms with Gasteiger partial charge in [0, 0.05) is 16.9 Å². The largest absolute Gasteiger partial charge is 0.495 e. The second kappa shape index (κ2) is 9.63. The molecule has 2 N–H and O–H groups in total. The summed E-state index contributed by atoms with van der Waals surface area (Å²) in [7, 11) is -2.64. The number of nitrogens with zero attached hydrogens (tertiary/aromatic N) is 2. The van der Waals surface area contributed by atoms with Gasteiger partial charge in [-0.1, -0.05) is 29.8 Å². The van der Waals surface area contributed by atoms with Crippen molar-refractivity contribution in [1.29, 1.82) is 0 Å². The minimum absolute atomic E-state index is 0.129. The Hall–Kier alpha value is -4.11. The van der Waals surface area contributed by atoms with Gasteiger partial charge in [0.2, 0.25) is 0 Å². The minimum atomic E-state index is -4.02. The molecule has 0 radical (unpaired) electrons. The number of nitrogens with one attached hydrogen (secondary N) is 2. The van der Waals surface area contributed by atoms with Crippen molar-refractivity contribution in [3.8, 4) is 11.4 Å². The molecule has 3 aromatic carbocycles. The first-order valence-corrected chi connectivity index (χ1v) is 12.4. The van der Waals surface area contributed by atoms with E-state index < -0.39 is 15.9 Å². The zero-order valence-electron chi connectivity index (χ0n) is 19.9. The van der Waals surface area contributed by atoms with Gasteiger partial charge in [0.1, 0.15) is 10.6 Å². The van der Waals surface area contributed by atoms with Crippen LogP contribution in [0.25, 0.3) is 5.69 Å². The van der Waals surface area contributed by atoms with Crippen LogP contribution in [-0.4, -0.2) is 31.2 Å². The number of hydrogen-bond acceptors (Lipinski definition) is 5. The first-order valence-electron chi connectivity index (χ1n) is 10.9. The van der Waals surface area contributed by atoms with Crippen molar-refractivity contribution in [2.24, 2.45) is 0 Å². The Kier molecular flexibility index (Phi) is 6.61. The monoisotopic (exact) mass is 490 g/mol. The molecule has 35 heavy (non-hydrogen) atoms. The zero-order valence-corrected chi connectivity index (χ0v) is 20.7. The van der Waals surface area contributed by atoms with Crippen LogP contribution in [0.4, 0.5) is 11.4 Å². The smallest absolute Gasteiger partial charge is 0.265 e. The van der Waals surface area contributed by atoms with Crippen molar-refractivity contribution in [3.63, 3.8) is 0 Å². The van der Waals surface area contributed by atoms with E-state index in [1.165, 1.54) is 25.3 Å². The molecule has 0 spiro atoms. The molecule has 0 aliphatic carbocycles. The summed E-state index contributed by atoms with van der Waals surface area (Å²) < 4.78 is 35.8. The van der Waals surface area contributed by atoms with E-state index in [-0.39, 0.29) is 16.2 Å². The molecule has 0 saturated carbocycles. The molecule has 8 nitrogen and oxygen atoms in total. The lowest BCUT2D eigenvalue weighted by molar-refractivity contribution is 0.102. The molecule has 1 aromatic heterocycles. The number of sulfonamides is 1. The number of carbonyl (C=O) groups excluding carboxylic acids is 1. The van der Waals surface area contributed by atoms with Crippen molar-refractivity contribution in [3.05, 3.63) is 95.3 Å². The van der Waals surface area contributed by atoms with Crippen LogP contribution >= 0.6 is 0 Å². The van der Waals surface area contributed by atoms with E-state index in [1.54, 1.807) is 41.1 Å². The molecule has 0 aliphatic heterocycles. The van der Waals surface area contributed by atoms with Crippen molar-refractivity contribution >= 4 is 27.3 Å². The van der Waals surface area contributed by atoms with Crippen molar-refractivity contribution in [1.82, 2.24) is 9.78 Å². The summed E-state index contributed by atoms with van der Waals surface area (Å²) in [5.41, 5.74) is 4.60. The molecule has 4 rings (SSSR count). The first-order chi connectivity index (χ1) is 16.7. The van der Waals surface area contributed by atoms with Crippen molar-refractivity contribution in [2.45, 2.75) is 25.7 Å². The molecule has 180 valence electrons. The maximum atomic E-state index is 13.2. The number of amides is 1. The van der Waals surface area contributed by atoms with E-state index in [2.05, 4.69) is 15.1 Å². The van der Waals surface area contributed by atoms with Crippen LogP contribution in [0.5, 0.6) is 5.75 Å². The Balaban J connectivity index is 1.66. The van der Waals surface area contributed by atoms with Crippen molar-refractivity contribution < 1.29 is 17.9 Å². The van der Waals surface area contributed by atoms with Crippen LogP contribution < -0.4 is 14.8 Å². The number of aromatic nitrogens is 2. The van der Waals surface area contributed by atoms with Crippen LogP contribution in [0.2, 0.25) is 0 Å². The molecule has 4 aromatic rings. The fourth-order valence-corrected chi connectivity index (χ4v) is 4.95. The van der Waals surface area contributed by atoms with E-state index in [4.69, 9.17) is 4.74 Å². The lowest BCUT2D eigenvalue weighted by atomic mass is 10.2. The number of methoxy groups -OCH3 is 1. The number of aryl methyl sites for hydroxylation is 3. The second-order valence-corrected chi connectivity index (χ2v) is 9.80. The molecule has 1 heterocycles. The van der Waals surface area contributed by atoms with Gasteiger partial charge in [0.25, 0.3) is 15.9 Å². The summed E-state index contributed by atoms with van der Waals surface area (Å²) in [6, 6.07) is 20.5. The van der Waals surface area contributed by atoms with Gasteiger partial charge in [0.15, 0.2) is 0 Å². The molecule has 0 bridgehead atoms. The normalized spacial score (nSPS) is 11.2. The number of hydrogen-bond donors (Lipinski definition) is 2. The van der Waals surface area contributed by atoms with Crippen LogP contribution in [0, 0.1) is 20.8 Å². The summed E-state index contributed by atoms with van der Waals surface area (Å²) in [5, 5.41) is 7.37. The summed E-state index contributed by atoms with van der Waals surface area (Å²) in [6.07, 6.45) is 0. The first kappa shape index (κ1) is 24.0. The zero-order chi connectivity index (χ0) is 25.2. The highest BCUT2D eigenvalue weighted by atomic mass is 32.2. The Bertz CT molecular complexity index is 1490. The van der Waals surface area contributed by atoms with E-state index >= 15 is 0 Å². The van der Waals surface area contributed by atoms with Gasteiger partial charge in [-0.3, -0.25) is 9.52 Å². The van der Waals surface area contributed by atoms with Gasteiger partial charge in [-0.2, -0.15) is 5.10 Å². The fourth-order valence-electron chi connectivity index (χ4n) is 3.69. The molecular weight excluding hydrogens is 464 g/mol. The molecular formula is C26H26N4O4S. The van der Waals surface area contributed by atoms with Crippen LogP contribution in [0.1, 0.15) is 27.3 Å². The molecule has 9 heteroatoms. The number of rotatable bonds is 7. The Morgan fingerprint density at radius 1 is 0.943 bits per heavy atom. The molecule has 0 unspecified atom stereocenters. The topological polar surface area (TPSA) is 102 Å². The second-order valence-electron chi connectivity index (χ2n) is 8.15. The number of para-hydroxylation sites is 2. The van der Waals surface area contributed by atoms with Crippen LogP contribution in [-0.2, 0) is 10.0 Å². The van der Waals surface area contributed by atoms with Gasteiger partial charge >= 0.3 is 0 Å². The predicted octanol–water partition coefficient (Wildman–Crippen LogP) is 4.86. The van der Waals surface area contributed by atoms with E-state index in [0.717, 1.165) is 17.0 Å². The van der Waals surface area contributed by atoms with Crippen LogP contribution in [0.15, 0.2) is 77.7 Å². The molecule has 1 amide bonds. The maximum Gasteiger partial charge on any atom is 0.265 e. The molecule has 0 saturated heterocycles. The Morgan fingerprint density at radius 3 is 2.31 bits per heavy atom. The average molecular weight is 491 g/mol. The Morgan fingerprint density at radius 2 is 1.66 bits per heavy atom. The molecule has 0 fully saturated rings. The van der Waals surface area contributed by atoms with E-state index in [0.29, 0.717) is 17.1 Å². The minimum Gasteiger partial charge on any atom is -0.495 e. The third-order valence-corrected chi connectivity index (χ3v) is 6.81. The van der Waals surface area contributed by atoms with Gasteiger partial charge in [-0.05, 0) is 69.3 Å². The van der Waals surface area contributed by atoms with Gasteiger partial charge < -0.3 is 10.1 Å². The fraction of sp³-hybridized carbons (Fsp3) is 0.154. The lowest BCUT2D eigenvalue weighted by Gasteiger charge is -2.15. The highest BCUT2D eigenvalue weighted by Crippen LogP contribution is 2.28. The van der Waals surface area contributed by atoms with Gasteiger partial charge in [-0.25, -0.2) is 13.1 Å². The summed E-state index contributed by atoms with van der Waals surface area (Å²) in [6.45, 7) is 5.74. The lowest BCUT2D eigenvalue weighted by Crippen LogP contribution is -2.17. The average Bonchev–Trinajstić information content (AvgIpc) is 3.17. The van der Waals surface area contributed by atoms with Crippen LogP contribution in [0.3, 0.4) is 0 Å². The summed E-state index contributed by atoms with van der Waals surface area (Å²) in [5.74, 6) is -0.336. The molecule has 0 atom stereocenters. The van der Waals surface area contributed by atoms with Crippen molar-refractivity contribution in [2.75, 3.05) is 17.1 Å². The predicted molar refractivity (Wildman–Crippen MR) is 136 cm³/mol. The number of benzene rings is 3. The number of ether oxygens (including phenoxy) is 1. The van der Waals surface area contributed by atoms with E-state index in [9.17, 15) is 13.2 Å². The summed E-state index contributed by atoms with van der Waals surface area (Å²) in [4.78, 5) is 13.0. The maximum absolute atomic E-state index is 13.2. The SMILES string of the molecule is COc1ccc(C(=O)Nc2ccccc2-n2nc(C)cc2C)cc1S(=O)(=O)Nc1ccc(C)cc1. The number of carbonyl (C=O) groups is 1. The number of anilines is 2. The third-order valence-electron chi connectivity index (χ3n) is 5.41. The summed E-state index contributed by atoms with van der Waals surface area (Å²) >= 11 is 0. The molecule has 0 aliphatic rings. The van der Waals surface area contributed by atoms with E-state index in [1.807, 2.05) is 39.0 Å². The van der Waals surface area contributed by atoms with Gasteiger partial charge in [-0.15, -0.1) is 0 Å². The Labute approximate surface area is 204 Å². The quantitative estimate of drug-likeness (QED) is 0.385. The third kappa shape index (κ3) is 5.20. The highest BCUT2D eigenvalue weighted by molar-refractivity contribution is 7.92. The standard InChI is InChI=1S/C26H26N4O4S/c1-17-9-12-21(13-10-17)29-35(32,33)25-16-20(11-14-24(25)34-4)26(31)27-22-7-5-6-8-23(22)30-19(3)15-18(2)28-30/h5-16,29H,1-4H3,(H,27,31).